The summed E-state index contributed by atoms with van der Waals surface area (Å²) in [4.78, 5) is 0. The van der Waals surface area contributed by atoms with E-state index in [1.807, 2.05) is 0 Å². The Hall–Kier alpha value is -0.530. The first kappa shape index (κ1) is 16.0. The molecular weight excluding hydrogens is 280 g/mol. The largest absolute Gasteiger partial charge is 0.323 e. The summed E-state index contributed by atoms with van der Waals surface area (Å²) < 4.78 is 0. The van der Waals surface area contributed by atoms with Crippen LogP contribution in [-0.2, 0) is 0 Å². The van der Waals surface area contributed by atoms with E-state index in [1.54, 1.807) is 0 Å². The molecular formula is C21H36N2. The van der Waals surface area contributed by atoms with E-state index in [0.717, 1.165) is 35.5 Å². The molecule has 0 aromatic rings. The van der Waals surface area contributed by atoms with E-state index in [-0.39, 0.29) is 0 Å². The van der Waals surface area contributed by atoms with Gasteiger partial charge < -0.3 is 5.84 Å². The van der Waals surface area contributed by atoms with Gasteiger partial charge in [-0.3, -0.25) is 0 Å². The van der Waals surface area contributed by atoms with Crippen molar-refractivity contribution in [2.75, 3.05) is 0 Å². The van der Waals surface area contributed by atoms with Crippen molar-refractivity contribution >= 4 is 5.71 Å². The molecule has 0 aromatic carbocycles. The van der Waals surface area contributed by atoms with Crippen molar-refractivity contribution in [3.05, 3.63) is 0 Å². The zero-order valence-corrected chi connectivity index (χ0v) is 15.4. The molecule has 0 radical (unpaired) electrons. The highest BCUT2D eigenvalue weighted by molar-refractivity contribution is 5.85. The Morgan fingerprint density at radius 1 is 0.957 bits per heavy atom. The molecule has 4 aliphatic rings. The zero-order chi connectivity index (χ0) is 16.2. The van der Waals surface area contributed by atoms with Gasteiger partial charge in [-0.15, -0.1) is 0 Å². The smallest absolute Gasteiger partial charge is 0.0381 e. The molecule has 0 aliphatic heterocycles. The predicted molar refractivity (Wildman–Crippen MR) is 97.1 cm³/mol. The molecule has 4 fully saturated rings. The molecule has 130 valence electrons. The third kappa shape index (κ3) is 2.38. The summed E-state index contributed by atoms with van der Waals surface area (Å²) in [5.41, 5.74) is 1.71. The van der Waals surface area contributed by atoms with Gasteiger partial charge in [0.15, 0.2) is 0 Å². The van der Waals surface area contributed by atoms with Crippen LogP contribution in [0, 0.1) is 46.8 Å². The third-order valence-electron chi connectivity index (χ3n) is 8.92. The summed E-state index contributed by atoms with van der Waals surface area (Å²) in [6.07, 6.45) is 13.3. The molecule has 0 saturated heterocycles. The summed E-state index contributed by atoms with van der Waals surface area (Å²) in [6, 6.07) is 0. The second kappa shape index (κ2) is 5.77. The van der Waals surface area contributed by atoms with Gasteiger partial charge >= 0.3 is 0 Å². The first-order valence-electron chi connectivity index (χ1n) is 10.3. The van der Waals surface area contributed by atoms with E-state index in [2.05, 4.69) is 25.9 Å². The Morgan fingerprint density at radius 2 is 1.74 bits per heavy atom. The van der Waals surface area contributed by atoms with Gasteiger partial charge in [0, 0.05) is 11.6 Å². The van der Waals surface area contributed by atoms with E-state index in [0.29, 0.717) is 11.3 Å². The lowest BCUT2D eigenvalue weighted by atomic mass is 9.49. The average Bonchev–Trinajstić information content (AvgIpc) is 2.90. The monoisotopic (exact) mass is 316 g/mol. The topological polar surface area (TPSA) is 38.4 Å². The predicted octanol–water partition coefficient (Wildman–Crippen LogP) is 5.23. The standard InChI is InChI=1S/C21H36N2/c1-13-4-6-16-15(12-13)5-7-18-17(16)10-11-21(3)19(14(2)23-22)8-9-20(18)21/h13,15-20H,4-12,22H2,1-3H3/b23-14+. The summed E-state index contributed by atoms with van der Waals surface area (Å²) in [7, 11) is 0. The number of hydrogen-bond acceptors (Lipinski definition) is 2. The second-order valence-electron chi connectivity index (χ2n) is 9.80. The molecule has 4 aliphatic carbocycles. The highest BCUT2D eigenvalue weighted by Crippen LogP contribution is 2.64. The fourth-order valence-electron chi connectivity index (χ4n) is 7.86. The van der Waals surface area contributed by atoms with Gasteiger partial charge in [0.05, 0.1) is 0 Å². The van der Waals surface area contributed by atoms with Gasteiger partial charge in [0.1, 0.15) is 0 Å². The molecule has 2 heteroatoms. The highest BCUT2D eigenvalue weighted by Gasteiger charge is 2.57. The Bertz CT molecular complexity index is 484. The van der Waals surface area contributed by atoms with Crippen LogP contribution in [0.5, 0.6) is 0 Å². The molecule has 8 atom stereocenters. The van der Waals surface area contributed by atoms with Crippen molar-refractivity contribution in [3.8, 4) is 0 Å². The molecule has 0 aromatic heterocycles. The number of hydrogen-bond donors (Lipinski definition) is 1. The minimum atomic E-state index is 0.489. The van der Waals surface area contributed by atoms with E-state index >= 15 is 0 Å². The van der Waals surface area contributed by atoms with Crippen molar-refractivity contribution in [2.45, 2.75) is 78.6 Å². The molecule has 2 nitrogen and oxygen atoms in total. The van der Waals surface area contributed by atoms with Crippen LogP contribution in [0.3, 0.4) is 0 Å². The Kier molecular flexibility index (Phi) is 4.01. The Labute approximate surface area is 142 Å². The van der Waals surface area contributed by atoms with Crippen LogP contribution in [-0.4, -0.2) is 5.71 Å². The molecule has 8 unspecified atom stereocenters. The van der Waals surface area contributed by atoms with Crippen LogP contribution >= 0.6 is 0 Å². The summed E-state index contributed by atoms with van der Waals surface area (Å²) >= 11 is 0. The van der Waals surface area contributed by atoms with Gasteiger partial charge in [-0.1, -0.05) is 20.3 Å². The number of fused-ring (bicyclic) bond motifs is 5. The van der Waals surface area contributed by atoms with Gasteiger partial charge in [-0.2, -0.15) is 5.10 Å². The first-order valence-corrected chi connectivity index (χ1v) is 10.3. The molecule has 2 N–H and O–H groups in total. The molecule has 23 heavy (non-hydrogen) atoms. The molecule has 4 rings (SSSR count). The van der Waals surface area contributed by atoms with Crippen molar-refractivity contribution in [1.29, 1.82) is 0 Å². The fourth-order valence-corrected chi connectivity index (χ4v) is 7.86. The van der Waals surface area contributed by atoms with Gasteiger partial charge in [0.2, 0.25) is 0 Å². The van der Waals surface area contributed by atoms with Gasteiger partial charge in [-0.25, -0.2) is 0 Å². The lowest BCUT2D eigenvalue weighted by molar-refractivity contribution is -0.0607. The maximum atomic E-state index is 5.65. The van der Waals surface area contributed by atoms with E-state index in [9.17, 15) is 0 Å². The summed E-state index contributed by atoms with van der Waals surface area (Å²) in [6.45, 7) is 7.23. The van der Waals surface area contributed by atoms with E-state index in [4.69, 9.17) is 5.84 Å². The van der Waals surface area contributed by atoms with Crippen LogP contribution in [0.4, 0.5) is 0 Å². The fraction of sp³-hybridized carbons (Fsp3) is 0.952. The number of nitrogens with two attached hydrogens (primary N) is 1. The quantitative estimate of drug-likeness (QED) is 0.402. The van der Waals surface area contributed by atoms with Crippen molar-refractivity contribution in [2.24, 2.45) is 57.8 Å². The lowest BCUT2D eigenvalue weighted by Gasteiger charge is -2.56. The SMILES string of the molecule is C/C(=N\N)C1CCC2C3CCC4CC(C)CCC4C3CCC12C. The van der Waals surface area contributed by atoms with Crippen molar-refractivity contribution in [3.63, 3.8) is 0 Å². The Morgan fingerprint density at radius 3 is 2.52 bits per heavy atom. The molecule has 0 heterocycles. The number of nitrogens with zero attached hydrogens (tertiary/aromatic N) is 1. The van der Waals surface area contributed by atoms with Gasteiger partial charge in [0.25, 0.3) is 0 Å². The first-order chi connectivity index (χ1) is 11.0. The minimum absolute atomic E-state index is 0.489. The summed E-state index contributed by atoms with van der Waals surface area (Å²) in [5, 5.41) is 4.10. The van der Waals surface area contributed by atoms with Crippen LogP contribution in [0.25, 0.3) is 0 Å². The Balaban J connectivity index is 1.56. The van der Waals surface area contributed by atoms with E-state index < -0.39 is 0 Å². The van der Waals surface area contributed by atoms with Crippen molar-refractivity contribution < 1.29 is 0 Å². The van der Waals surface area contributed by atoms with Crippen LogP contribution < -0.4 is 5.84 Å². The van der Waals surface area contributed by atoms with Crippen LogP contribution in [0.1, 0.15) is 78.6 Å². The average molecular weight is 317 g/mol. The van der Waals surface area contributed by atoms with Crippen LogP contribution in [0.2, 0.25) is 0 Å². The lowest BCUT2D eigenvalue weighted by Crippen LogP contribution is -2.49. The second-order valence-corrected chi connectivity index (χ2v) is 9.80. The maximum absolute atomic E-state index is 5.65. The van der Waals surface area contributed by atoms with Crippen molar-refractivity contribution in [1.82, 2.24) is 0 Å². The number of hydrazone groups is 1. The molecule has 4 saturated carbocycles. The zero-order valence-electron chi connectivity index (χ0n) is 15.4. The number of rotatable bonds is 1. The molecule has 0 amide bonds. The van der Waals surface area contributed by atoms with E-state index in [1.165, 1.54) is 63.5 Å². The normalized spacial score (nSPS) is 53.3. The van der Waals surface area contributed by atoms with Gasteiger partial charge in [-0.05, 0) is 99.2 Å². The molecule has 0 spiro atoms. The maximum Gasteiger partial charge on any atom is 0.0381 e. The molecule has 0 bridgehead atoms. The minimum Gasteiger partial charge on any atom is -0.323 e. The third-order valence-corrected chi connectivity index (χ3v) is 8.92. The summed E-state index contributed by atoms with van der Waals surface area (Å²) in [5.74, 6) is 12.4. The van der Waals surface area contributed by atoms with Crippen LogP contribution in [0.15, 0.2) is 5.10 Å². The highest BCUT2D eigenvalue weighted by atomic mass is 15.1.